The van der Waals surface area contributed by atoms with Crippen LogP contribution in [-0.2, 0) is 39.3 Å². The lowest BCUT2D eigenvalue weighted by molar-refractivity contribution is 0.239. The fourth-order valence-electron chi connectivity index (χ4n) is 6.17. The summed E-state index contributed by atoms with van der Waals surface area (Å²) in [6.07, 6.45) is 0. The Morgan fingerprint density at radius 3 is 1.18 bits per heavy atom. The molecule has 0 radical (unpaired) electrons. The maximum absolute atomic E-state index is 2.58. The molecule has 2 aliphatic rings. The van der Waals surface area contributed by atoms with Crippen molar-refractivity contribution >= 4 is 21.5 Å². The molecule has 2 heterocycles. The van der Waals surface area contributed by atoms with Crippen LogP contribution >= 0.6 is 0 Å². The SMILES string of the molecule is c1cc(CN2Cc3cccc4cccc(c34)C2)cc(CN2Cc3cccc4cccc(c34)C2)c1. The summed E-state index contributed by atoms with van der Waals surface area (Å²) in [6.45, 7) is 6.05. The first-order valence-electron chi connectivity index (χ1n) is 12.3. The molecule has 0 fully saturated rings. The lowest BCUT2D eigenvalue weighted by Gasteiger charge is -2.30. The van der Waals surface area contributed by atoms with Crippen molar-refractivity contribution in [2.24, 2.45) is 0 Å². The van der Waals surface area contributed by atoms with Crippen molar-refractivity contribution in [2.75, 3.05) is 0 Å². The molecule has 0 bridgehead atoms. The number of hydrogen-bond donors (Lipinski definition) is 0. The number of benzene rings is 5. The zero-order valence-electron chi connectivity index (χ0n) is 19.4. The van der Waals surface area contributed by atoms with Crippen molar-refractivity contribution in [1.82, 2.24) is 9.80 Å². The molecule has 0 atom stereocenters. The first-order valence-corrected chi connectivity index (χ1v) is 12.3. The highest BCUT2D eigenvalue weighted by atomic mass is 15.1. The number of hydrogen-bond acceptors (Lipinski definition) is 2. The molecule has 5 aromatic carbocycles. The van der Waals surface area contributed by atoms with E-state index in [1.807, 2.05) is 0 Å². The molecule has 2 aliphatic heterocycles. The van der Waals surface area contributed by atoms with Gasteiger partial charge in [-0.3, -0.25) is 9.80 Å². The minimum Gasteiger partial charge on any atom is -0.291 e. The molecule has 0 spiro atoms. The number of rotatable bonds is 4. The van der Waals surface area contributed by atoms with Gasteiger partial charge in [0.1, 0.15) is 0 Å². The van der Waals surface area contributed by atoms with E-state index in [4.69, 9.17) is 0 Å². The highest BCUT2D eigenvalue weighted by Crippen LogP contribution is 2.32. The molecule has 0 saturated heterocycles. The largest absolute Gasteiger partial charge is 0.291 e. The Kier molecular flexibility index (Phi) is 4.75. The third kappa shape index (κ3) is 3.51. The van der Waals surface area contributed by atoms with Crippen LogP contribution in [0, 0.1) is 0 Å². The van der Waals surface area contributed by atoms with Crippen LogP contribution in [0.3, 0.4) is 0 Å². The zero-order valence-corrected chi connectivity index (χ0v) is 19.4. The van der Waals surface area contributed by atoms with Gasteiger partial charge < -0.3 is 0 Å². The summed E-state index contributed by atoms with van der Waals surface area (Å²) in [4.78, 5) is 5.15. The predicted octanol–water partition coefficient (Wildman–Crippen LogP) is 7.02. The van der Waals surface area contributed by atoms with Crippen LogP contribution in [0.15, 0.2) is 97.1 Å². The Bertz CT molecular complexity index is 1340. The Morgan fingerprint density at radius 2 is 0.794 bits per heavy atom. The molecule has 2 nitrogen and oxygen atoms in total. The van der Waals surface area contributed by atoms with Crippen molar-refractivity contribution in [2.45, 2.75) is 39.3 Å². The van der Waals surface area contributed by atoms with Gasteiger partial charge in [-0.2, -0.15) is 0 Å². The van der Waals surface area contributed by atoms with Crippen LogP contribution < -0.4 is 0 Å². The molecule has 0 aromatic heterocycles. The normalized spacial score (nSPS) is 15.8. The van der Waals surface area contributed by atoms with Gasteiger partial charge in [0.2, 0.25) is 0 Å². The standard InChI is InChI=1S/C32H28N2/c1-6-23(17-33-19-27-12-2-8-25-9-3-13-28(20-33)31(25)27)16-24(7-1)18-34-21-29-14-4-10-26-11-5-15-30(22-34)32(26)29/h1-16H,17-22H2. The van der Waals surface area contributed by atoms with Crippen molar-refractivity contribution < 1.29 is 0 Å². The lowest BCUT2D eigenvalue weighted by Crippen LogP contribution is -2.27. The van der Waals surface area contributed by atoms with Crippen molar-refractivity contribution in [3.05, 3.63) is 130 Å². The quantitative estimate of drug-likeness (QED) is 0.296. The van der Waals surface area contributed by atoms with Gasteiger partial charge in [0, 0.05) is 39.3 Å². The Labute approximate surface area is 201 Å². The summed E-state index contributed by atoms with van der Waals surface area (Å²) in [7, 11) is 0. The summed E-state index contributed by atoms with van der Waals surface area (Å²) in [5.74, 6) is 0. The van der Waals surface area contributed by atoms with E-state index in [-0.39, 0.29) is 0 Å². The summed E-state index contributed by atoms with van der Waals surface area (Å²) in [5, 5.41) is 5.68. The second kappa shape index (κ2) is 8.09. The topological polar surface area (TPSA) is 6.48 Å². The molecule has 0 amide bonds. The molecule has 0 unspecified atom stereocenters. The predicted molar refractivity (Wildman–Crippen MR) is 140 cm³/mol. The van der Waals surface area contributed by atoms with Gasteiger partial charge in [-0.15, -0.1) is 0 Å². The van der Waals surface area contributed by atoms with Crippen LogP contribution in [0.5, 0.6) is 0 Å². The third-order valence-electron chi connectivity index (χ3n) is 7.53. The molecule has 166 valence electrons. The van der Waals surface area contributed by atoms with Gasteiger partial charge in [-0.05, 0) is 54.9 Å². The lowest BCUT2D eigenvalue weighted by atomic mass is 9.94. The van der Waals surface area contributed by atoms with E-state index >= 15 is 0 Å². The van der Waals surface area contributed by atoms with E-state index in [0.717, 1.165) is 39.3 Å². The van der Waals surface area contributed by atoms with Gasteiger partial charge in [0.05, 0.1) is 0 Å². The molecule has 0 N–H and O–H groups in total. The Morgan fingerprint density at radius 1 is 0.441 bits per heavy atom. The van der Waals surface area contributed by atoms with E-state index in [0.29, 0.717) is 0 Å². The fraction of sp³-hybridized carbons (Fsp3) is 0.188. The van der Waals surface area contributed by atoms with E-state index < -0.39 is 0 Å². The van der Waals surface area contributed by atoms with E-state index in [9.17, 15) is 0 Å². The third-order valence-corrected chi connectivity index (χ3v) is 7.53. The maximum Gasteiger partial charge on any atom is 0.0247 e. The summed E-state index contributed by atoms with van der Waals surface area (Å²) in [5.41, 5.74) is 8.63. The van der Waals surface area contributed by atoms with Crippen LogP contribution in [0.4, 0.5) is 0 Å². The number of nitrogens with zero attached hydrogens (tertiary/aromatic N) is 2. The first-order chi connectivity index (χ1) is 16.8. The molecule has 5 aromatic rings. The van der Waals surface area contributed by atoms with Gasteiger partial charge in [-0.25, -0.2) is 0 Å². The molecular formula is C32H28N2. The molecule has 34 heavy (non-hydrogen) atoms. The monoisotopic (exact) mass is 440 g/mol. The molecular weight excluding hydrogens is 412 g/mol. The fourth-order valence-corrected chi connectivity index (χ4v) is 6.17. The smallest absolute Gasteiger partial charge is 0.0247 e. The average Bonchev–Trinajstić information content (AvgIpc) is 2.85. The van der Waals surface area contributed by atoms with Gasteiger partial charge >= 0.3 is 0 Å². The second-order valence-electron chi connectivity index (χ2n) is 9.98. The highest BCUT2D eigenvalue weighted by molar-refractivity contribution is 5.90. The maximum atomic E-state index is 2.58. The summed E-state index contributed by atoms with van der Waals surface area (Å²) < 4.78 is 0. The minimum atomic E-state index is 0.987. The molecule has 0 aliphatic carbocycles. The van der Waals surface area contributed by atoms with Gasteiger partial charge in [0.25, 0.3) is 0 Å². The zero-order chi connectivity index (χ0) is 22.5. The van der Waals surface area contributed by atoms with Crippen LogP contribution in [0.25, 0.3) is 21.5 Å². The van der Waals surface area contributed by atoms with E-state index in [1.165, 1.54) is 54.9 Å². The van der Waals surface area contributed by atoms with Crippen LogP contribution in [0.2, 0.25) is 0 Å². The highest BCUT2D eigenvalue weighted by Gasteiger charge is 2.20. The van der Waals surface area contributed by atoms with E-state index in [1.54, 1.807) is 0 Å². The summed E-state index contributed by atoms with van der Waals surface area (Å²) >= 11 is 0. The van der Waals surface area contributed by atoms with Crippen molar-refractivity contribution in [3.8, 4) is 0 Å². The first kappa shape index (κ1) is 20.0. The Hall–Kier alpha value is -3.46. The van der Waals surface area contributed by atoms with Crippen molar-refractivity contribution in [3.63, 3.8) is 0 Å². The molecule has 7 rings (SSSR count). The summed E-state index contributed by atoms with van der Waals surface area (Å²) in [6, 6.07) is 36.2. The van der Waals surface area contributed by atoms with Gasteiger partial charge in [-0.1, -0.05) is 97.1 Å². The Balaban J connectivity index is 1.09. The molecule has 0 saturated carbocycles. The average molecular weight is 441 g/mol. The van der Waals surface area contributed by atoms with Crippen LogP contribution in [-0.4, -0.2) is 9.80 Å². The van der Waals surface area contributed by atoms with Crippen LogP contribution in [0.1, 0.15) is 33.4 Å². The van der Waals surface area contributed by atoms with E-state index in [2.05, 4.69) is 107 Å². The minimum absolute atomic E-state index is 0.987. The van der Waals surface area contributed by atoms with Crippen molar-refractivity contribution in [1.29, 1.82) is 0 Å². The van der Waals surface area contributed by atoms with Gasteiger partial charge in [0.15, 0.2) is 0 Å². The molecule has 2 heteroatoms. The second-order valence-corrected chi connectivity index (χ2v) is 9.98.